The zero-order valence-corrected chi connectivity index (χ0v) is 15.8. The van der Waals surface area contributed by atoms with Gasteiger partial charge < -0.3 is 5.32 Å². The summed E-state index contributed by atoms with van der Waals surface area (Å²) >= 11 is 0. The number of fused-ring (bicyclic) bond motifs is 1. The van der Waals surface area contributed by atoms with Crippen molar-refractivity contribution in [3.8, 4) is 0 Å². The summed E-state index contributed by atoms with van der Waals surface area (Å²) in [5.74, 6) is 0.110. The Bertz CT molecular complexity index is 1000. The van der Waals surface area contributed by atoms with Crippen LogP contribution >= 0.6 is 0 Å². The molecule has 1 aliphatic rings. The molecule has 0 saturated heterocycles. The Balaban J connectivity index is 1.61. The number of aromatic nitrogens is 5. The number of aryl methyl sites for hydroxylation is 1. The van der Waals surface area contributed by atoms with Gasteiger partial charge in [-0.05, 0) is 44.6 Å². The highest BCUT2D eigenvalue weighted by Gasteiger charge is 2.26. The lowest BCUT2D eigenvalue weighted by molar-refractivity contribution is 0.102. The summed E-state index contributed by atoms with van der Waals surface area (Å²) in [7, 11) is 0. The highest BCUT2D eigenvalue weighted by Crippen LogP contribution is 2.34. The standard InChI is InChI=1S/C19H22F2N6O/c1-11-3-5-13(6-4-11)27-10-15(16(25-27)17(20)21)24-19(28)14-9-22-26-8-7-12(2)23-18(14)26/h7-11,13,17H,3-6H2,1-2H3,(H,24,28)/t11-,13-. The number of hydrogen-bond acceptors (Lipinski definition) is 4. The fourth-order valence-corrected chi connectivity index (χ4v) is 3.67. The summed E-state index contributed by atoms with van der Waals surface area (Å²) < 4.78 is 30.1. The number of anilines is 1. The minimum Gasteiger partial charge on any atom is -0.319 e. The Labute approximate surface area is 160 Å². The molecular formula is C19H22F2N6O. The summed E-state index contributed by atoms with van der Waals surface area (Å²) in [4.78, 5) is 17.0. The molecule has 0 bridgehead atoms. The van der Waals surface area contributed by atoms with Crippen LogP contribution in [0, 0.1) is 12.8 Å². The molecule has 0 spiro atoms. The quantitative estimate of drug-likeness (QED) is 0.728. The van der Waals surface area contributed by atoms with E-state index in [1.165, 1.54) is 16.9 Å². The maximum atomic E-state index is 13.5. The van der Waals surface area contributed by atoms with E-state index in [0.717, 1.165) is 31.4 Å². The second-order valence-corrected chi connectivity index (χ2v) is 7.47. The van der Waals surface area contributed by atoms with E-state index in [-0.39, 0.29) is 17.3 Å². The summed E-state index contributed by atoms with van der Waals surface area (Å²) in [6.07, 6.45) is 5.71. The molecule has 0 unspecified atom stereocenters. The maximum Gasteiger partial charge on any atom is 0.284 e. The Hall–Kier alpha value is -2.84. The smallest absolute Gasteiger partial charge is 0.284 e. The maximum absolute atomic E-state index is 13.5. The average Bonchev–Trinajstić information content (AvgIpc) is 3.26. The molecule has 1 N–H and O–H groups in total. The Morgan fingerprint density at radius 1 is 1.29 bits per heavy atom. The number of amides is 1. The van der Waals surface area contributed by atoms with Gasteiger partial charge in [0, 0.05) is 18.1 Å². The Morgan fingerprint density at radius 3 is 2.75 bits per heavy atom. The third-order valence-corrected chi connectivity index (χ3v) is 5.33. The zero-order valence-electron chi connectivity index (χ0n) is 15.8. The number of halogens is 2. The summed E-state index contributed by atoms with van der Waals surface area (Å²) in [5.41, 5.74) is 0.959. The first-order chi connectivity index (χ1) is 13.4. The van der Waals surface area contributed by atoms with Crippen molar-refractivity contribution < 1.29 is 13.6 Å². The van der Waals surface area contributed by atoms with Crippen molar-refractivity contribution in [2.45, 2.75) is 52.0 Å². The van der Waals surface area contributed by atoms with Crippen molar-refractivity contribution >= 4 is 17.2 Å². The average molecular weight is 388 g/mol. The molecule has 148 valence electrons. The minimum absolute atomic E-state index is 0.0330. The molecule has 3 heterocycles. The van der Waals surface area contributed by atoms with Crippen LogP contribution in [0.3, 0.4) is 0 Å². The number of carbonyl (C=O) groups is 1. The third-order valence-electron chi connectivity index (χ3n) is 5.33. The number of carbonyl (C=O) groups excluding carboxylic acids is 1. The zero-order chi connectivity index (χ0) is 19.8. The van der Waals surface area contributed by atoms with E-state index in [1.54, 1.807) is 23.9 Å². The molecule has 1 fully saturated rings. The number of nitrogens with zero attached hydrogens (tertiary/aromatic N) is 5. The van der Waals surface area contributed by atoms with Gasteiger partial charge in [0.05, 0.1) is 17.9 Å². The molecule has 3 aromatic rings. The van der Waals surface area contributed by atoms with Gasteiger partial charge >= 0.3 is 0 Å². The van der Waals surface area contributed by atoms with Gasteiger partial charge in [0.1, 0.15) is 5.56 Å². The molecule has 1 amide bonds. The van der Waals surface area contributed by atoms with Gasteiger partial charge in [-0.25, -0.2) is 18.3 Å². The molecule has 0 aromatic carbocycles. The SMILES string of the molecule is Cc1ccn2ncc(C(=O)Nc3cn([C@H]4CC[C@H](C)CC4)nc3C(F)F)c2n1. The predicted octanol–water partition coefficient (Wildman–Crippen LogP) is 4.18. The second kappa shape index (κ2) is 7.29. The lowest BCUT2D eigenvalue weighted by atomic mass is 9.87. The van der Waals surface area contributed by atoms with Crippen molar-refractivity contribution in [3.63, 3.8) is 0 Å². The molecule has 28 heavy (non-hydrogen) atoms. The highest BCUT2D eigenvalue weighted by atomic mass is 19.3. The molecule has 9 heteroatoms. The van der Waals surface area contributed by atoms with Crippen LogP contribution in [0.4, 0.5) is 14.5 Å². The molecule has 0 radical (unpaired) electrons. The summed E-state index contributed by atoms with van der Waals surface area (Å²) in [6.45, 7) is 4.00. The van der Waals surface area contributed by atoms with E-state index in [0.29, 0.717) is 11.6 Å². The van der Waals surface area contributed by atoms with Gasteiger partial charge in [0.25, 0.3) is 12.3 Å². The Kier molecular flexibility index (Phi) is 4.82. The van der Waals surface area contributed by atoms with E-state index in [2.05, 4.69) is 27.4 Å². The van der Waals surface area contributed by atoms with Gasteiger partial charge in [0.2, 0.25) is 0 Å². The molecule has 0 aliphatic heterocycles. The third kappa shape index (κ3) is 3.48. The molecule has 0 atom stereocenters. The van der Waals surface area contributed by atoms with Crippen molar-refractivity contribution in [2.75, 3.05) is 5.32 Å². The van der Waals surface area contributed by atoms with Crippen molar-refractivity contribution in [1.29, 1.82) is 0 Å². The van der Waals surface area contributed by atoms with Crippen LogP contribution in [-0.2, 0) is 0 Å². The normalized spacial score (nSPS) is 20.0. The topological polar surface area (TPSA) is 77.1 Å². The van der Waals surface area contributed by atoms with Crippen molar-refractivity contribution in [2.24, 2.45) is 5.92 Å². The number of nitrogens with one attached hydrogen (secondary N) is 1. The van der Waals surface area contributed by atoms with Crippen LogP contribution in [-0.4, -0.2) is 30.3 Å². The number of alkyl halides is 2. The predicted molar refractivity (Wildman–Crippen MR) is 99.5 cm³/mol. The molecule has 4 rings (SSSR count). The first-order valence-corrected chi connectivity index (χ1v) is 9.42. The van der Waals surface area contributed by atoms with Gasteiger partial charge in [-0.3, -0.25) is 9.48 Å². The monoisotopic (exact) mass is 388 g/mol. The fourth-order valence-electron chi connectivity index (χ4n) is 3.67. The fraction of sp³-hybridized carbons (Fsp3) is 0.474. The number of hydrogen-bond donors (Lipinski definition) is 1. The summed E-state index contributed by atoms with van der Waals surface area (Å²) in [5, 5.41) is 10.8. The molecule has 1 aliphatic carbocycles. The molecule has 7 nitrogen and oxygen atoms in total. The van der Waals surface area contributed by atoms with Gasteiger partial charge in [-0.15, -0.1) is 0 Å². The van der Waals surface area contributed by atoms with Crippen LogP contribution in [0.1, 0.15) is 66.8 Å². The first-order valence-electron chi connectivity index (χ1n) is 9.42. The van der Waals surface area contributed by atoms with Gasteiger partial charge in [-0.2, -0.15) is 10.2 Å². The van der Waals surface area contributed by atoms with E-state index in [4.69, 9.17) is 0 Å². The highest BCUT2D eigenvalue weighted by molar-refractivity contribution is 6.08. The van der Waals surface area contributed by atoms with E-state index in [1.807, 2.05) is 0 Å². The first kappa shape index (κ1) is 18.5. The van der Waals surface area contributed by atoms with E-state index in [9.17, 15) is 13.6 Å². The second-order valence-electron chi connectivity index (χ2n) is 7.47. The molecule has 1 saturated carbocycles. The van der Waals surface area contributed by atoms with Gasteiger partial charge in [0.15, 0.2) is 11.3 Å². The Morgan fingerprint density at radius 2 is 2.04 bits per heavy atom. The minimum atomic E-state index is -2.77. The lowest BCUT2D eigenvalue weighted by Crippen LogP contribution is -2.17. The number of rotatable bonds is 4. The van der Waals surface area contributed by atoms with Crippen LogP contribution < -0.4 is 5.32 Å². The van der Waals surface area contributed by atoms with Crippen LogP contribution in [0.2, 0.25) is 0 Å². The van der Waals surface area contributed by atoms with Crippen LogP contribution in [0.15, 0.2) is 24.7 Å². The van der Waals surface area contributed by atoms with Crippen molar-refractivity contribution in [3.05, 3.63) is 41.6 Å². The lowest BCUT2D eigenvalue weighted by Gasteiger charge is -2.26. The van der Waals surface area contributed by atoms with E-state index < -0.39 is 18.0 Å². The summed E-state index contributed by atoms with van der Waals surface area (Å²) in [6, 6.07) is 1.85. The van der Waals surface area contributed by atoms with E-state index >= 15 is 0 Å². The van der Waals surface area contributed by atoms with Crippen LogP contribution in [0.25, 0.3) is 5.65 Å². The van der Waals surface area contributed by atoms with Gasteiger partial charge in [-0.1, -0.05) is 6.92 Å². The molecular weight excluding hydrogens is 366 g/mol. The largest absolute Gasteiger partial charge is 0.319 e. The van der Waals surface area contributed by atoms with Crippen molar-refractivity contribution in [1.82, 2.24) is 24.4 Å². The molecule has 3 aromatic heterocycles. The van der Waals surface area contributed by atoms with Crippen LogP contribution in [0.5, 0.6) is 0 Å².